The zero-order valence-corrected chi connectivity index (χ0v) is 25.9. The maximum absolute atomic E-state index is 6.28. The van der Waals surface area contributed by atoms with Crippen LogP contribution >= 0.6 is 0 Å². The van der Waals surface area contributed by atoms with Gasteiger partial charge in [-0.25, -0.2) is 9.97 Å². The van der Waals surface area contributed by atoms with Crippen LogP contribution in [0.1, 0.15) is 12.8 Å². The molecule has 224 valence electrons. The molecule has 1 aliphatic rings. The third-order valence-electron chi connectivity index (χ3n) is 9.30. The second kappa shape index (κ2) is 11.5. The van der Waals surface area contributed by atoms with E-state index in [-0.39, 0.29) is 0 Å². The van der Waals surface area contributed by atoms with E-state index in [9.17, 15) is 0 Å². The quantitative estimate of drug-likeness (QED) is 0.148. The van der Waals surface area contributed by atoms with Crippen molar-refractivity contribution in [2.24, 2.45) is 0 Å². The molecule has 0 N–H and O–H groups in total. The van der Waals surface area contributed by atoms with Gasteiger partial charge in [0.05, 0.1) is 23.4 Å². The number of nitrogens with zero attached hydrogens (tertiary/aromatic N) is 3. The molecule has 47 heavy (non-hydrogen) atoms. The molecular weight excluding hydrogens is 574 g/mol. The molecular formula is C43H32N3O+. The summed E-state index contributed by atoms with van der Waals surface area (Å²) in [6, 6.07) is 49.3. The van der Waals surface area contributed by atoms with Crippen LogP contribution in [0.3, 0.4) is 0 Å². The van der Waals surface area contributed by atoms with E-state index >= 15 is 0 Å². The lowest BCUT2D eigenvalue weighted by Gasteiger charge is -2.17. The molecule has 4 heteroatoms. The van der Waals surface area contributed by atoms with E-state index in [1.54, 1.807) is 0 Å². The van der Waals surface area contributed by atoms with Crippen molar-refractivity contribution in [2.45, 2.75) is 19.4 Å². The lowest BCUT2D eigenvalue weighted by Crippen LogP contribution is -2.35. The largest absolute Gasteiger partial charge is 0.487 e. The highest BCUT2D eigenvalue weighted by molar-refractivity contribution is 6.17. The number of hydrogen-bond donors (Lipinski definition) is 0. The van der Waals surface area contributed by atoms with Crippen LogP contribution in [-0.2, 0) is 6.54 Å². The van der Waals surface area contributed by atoms with Crippen molar-refractivity contribution in [3.8, 4) is 50.8 Å². The summed E-state index contributed by atoms with van der Waals surface area (Å²) in [6.07, 6.45) is 4.36. The first kappa shape index (κ1) is 27.4. The van der Waals surface area contributed by atoms with Crippen molar-refractivity contribution in [3.05, 3.63) is 146 Å². The summed E-state index contributed by atoms with van der Waals surface area (Å²) in [5, 5.41) is 6.05. The SMILES string of the molecule is c1ccc(-c2cc(-c3ccc4c(-c5ccc6c7c5ccc[n+]7CCCCO6)c5ccccc5cc4c3)nc(-c3ccccc3)n2)cc1. The average Bonchev–Trinajstić information content (AvgIpc) is 3.13. The van der Waals surface area contributed by atoms with E-state index < -0.39 is 0 Å². The lowest BCUT2D eigenvalue weighted by atomic mass is 9.89. The molecule has 3 heterocycles. The normalized spacial score (nSPS) is 12.9. The molecule has 0 fully saturated rings. The van der Waals surface area contributed by atoms with Gasteiger partial charge in [-0.1, -0.05) is 97.1 Å². The zero-order valence-electron chi connectivity index (χ0n) is 25.9. The molecule has 4 nitrogen and oxygen atoms in total. The lowest BCUT2D eigenvalue weighted by molar-refractivity contribution is -0.672. The van der Waals surface area contributed by atoms with Crippen LogP contribution in [-0.4, -0.2) is 16.6 Å². The van der Waals surface area contributed by atoms with Crippen LogP contribution in [0, 0.1) is 0 Å². The summed E-state index contributed by atoms with van der Waals surface area (Å²) < 4.78 is 8.64. The summed E-state index contributed by atoms with van der Waals surface area (Å²) >= 11 is 0. The molecule has 0 saturated carbocycles. The second-order valence-corrected chi connectivity index (χ2v) is 12.2. The standard InChI is InChI=1S/C43H32N3O/c1-3-12-29(13-4-1)38-28-39(45-43(44-38)30-14-5-2-6-15-30)32-19-20-35-33(27-32)26-31-16-7-8-17-34(31)41(35)36-21-22-40-42-37(36)18-11-24-46(42)23-9-10-25-47-40/h1-8,11-22,24,26-28H,9-10,23,25H2/q+1. The van der Waals surface area contributed by atoms with Crippen molar-refractivity contribution in [2.75, 3.05) is 6.61 Å². The number of aryl methyl sites for hydroxylation is 1. The fraction of sp³-hybridized carbons (Fsp3) is 0.0930. The Morgan fingerprint density at radius 1 is 0.532 bits per heavy atom. The number of hydrogen-bond acceptors (Lipinski definition) is 3. The average molecular weight is 607 g/mol. The Bertz CT molecular complexity index is 2370. The first-order valence-corrected chi connectivity index (χ1v) is 16.3. The predicted molar refractivity (Wildman–Crippen MR) is 191 cm³/mol. The highest BCUT2D eigenvalue weighted by atomic mass is 16.5. The molecule has 0 atom stereocenters. The Kier molecular flexibility index (Phi) is 6.71. The van der Waals surface area contributed by atoms with Crippen LogP contribution in [0.4, 0.5) is 0 Å². The number of aromatic nitrogens is 3. The molecule has 6 aromatic carbocycles. The van der Waals surface area contributed by atoms with Crippen molar-refractivity contribution in [1.82, 2.24) is 9.97 Å². The third kappa shape index (κ3) is 4.90. The second-order valence-electron chi connectivity index (χ2n) is 12.2. The van der Waals surface area contributed by atoms with Crippen molar-refractivity contribution >= 4 is 32.4 Å². The number of fused-ring (bicyclic) bond motifs is 2. The minimum atomic E-state index is 0.719. The molecule has 1 aliphatic heterocycles. The Morgan fingerprint density at radius 3 is 2.11 bits per heavy atom. The third-order valence-corrected chi connectivity index (χ3v) is 9.30. The number of ether oxygens (including phenoxy) is 1. The van der Waals surface area contributed by atoms with Gasteiger partial charge >= 0.3 is 0 Å². The van der Waals surface area contributed by atoms with Gasteiger partial charge in [-0.2, -0.15) is 4.57 Å². The van der Waals surface area contributed by atoms with Gasteiger partial charge in [0.25, 0.3) is 5.52 Å². The Hall–Kier alpha value is -5.87. The highest BCUT2D eigenvalue weighted by Crippen LogP contribution is 2.42. The molecule has 0 unspecified atom stereocenters. The first-order chi connectivity index (χ1) is 23.3. The number of benzene rings is 6. The molecule has 9 rings (SSSR count). The Morgan fingerprint density at radius 2 is 1.26 bits per heavy atom. The molecule has 2 aromatic heterocycles. The summed E-state index contributed by atoms with van der Waals surface area (Å²) in [5.41, 5.74) is 8.57. The molecule has 0 bridgehead atoms. The van der Waals surface area contributed by atoms with E-state index in [0.717, 1.165) is 65.6 Å². The van der Waals surface area contributed by atoms with Gasteiger partial charge in [-0.05, 0) is 75.5 Å². The minimum absolute atomic E-state index is 0.719. The van der Waals surface area contributed by atoms with Gasteiger partial charge in [-0.3, -0.25) is 0 Å². The van der Waals surface area contributed by atoms with E-state index in [0.29, 0.717) is 0 Å². The molecule has 0 spiro atoms. The fourth-order valence-corrected chi connectivity index (χ4v) is 7.05. The first-order valence-electron chi connectivity index (χ1n) is 16.3. The summed E-state index contributed by atoms with van der Waals surface area (Å²) in [5.74, 6) is 1.68. The predicted octanol–water partition coefficient (Wildman–Crippen LogP) is 10.1. The fourth-order valence-electron chi connectivity index (χ4n) is 7.05. The van der Waals surface area contributed by atoms with Crippen LogP contribution < -0.4 is 9.30 Å². The summed E-state index contributed by atoms with van der Waals surface area (Å²) in [6.45, 7) is 1.75. The number of pyridine rings is 1. The topological polar surface area (TPSA) is 38.9 Å². The summed E-state index contributed by atoms with van der Waals surface area (Å²) in [4.78, 5) is 10.1. The van der Waals surface area contributed by atoms with E-state index in [4.69, 9.17) is 14.7 Å². The van der Waals surface area contributed by atoms with Crippen LogP contribution in [0.25, 0.3) is 77.5 Å². The van der Waals surface area contributed by atoms with Gasteiger partial charge in [0.15, 0.2) is 17.8 Å². The molecule has 8 aromatic rings. The highest BCUT2D eigenvalue weighted by Gasteiger charge is 2.22. The number of rotatable bonds is 4. The molecule has 0 radical (unpaired) electrons. The van der Waals surface area contributed by atoms with Crippen LogP contribution in [0.5, 0.6) is 5.75 Å². The van der Waals surface area contributed by atoms with E-state index in [1.165, 1.54) is 43.6 Å². The Labute approximate surface area is 273 Å². The molecule has 0 saturated heterocycles. The zero-order chi connectivity index (χ0) is 31.2. The van der Waals surface area contributed by atoms with Gasteiger partial charge in [0, 0.05) is 29.2 Å². The van der Waals surface area contributed by atoms with E-state index in [1.807, 2.05) is 24.3 Å². The van der Waals surface area contributed by atoms with Gasteiger partial charge in [0.1, 0.15) is 6.54 Å². The maximum atomic E-state index is 6.28. The van der Waals surface area contributed by atoms with Crippen LogP contribution in [0.2, 0.25) is 0 Å². The smallest absolute Gasteiger partial charge is 0.255 e. The van der Waals surface area contributed by atoms with Gasteiger partial charge < -0.3 is 4.74 Å². The van der Waals surface area contributed by atoms with Crippen molar-refractivity contribution < 1.29 is 9.30 Å². The van der Waals surface area contributed by atoms with Crippen molar-refractivity contribution in [1.29, 1.82) is 0 Å². The minimum Gasteiger partial charge on any atom is -0.487 e. The van der Waals surface area contributed by atoms with Gasteiger partial charge in [0.2, 0.25) is 0 Å². The summed E-state index contributed by atoms with van der Waals surface area (Å²) in [7, 11) is 0. The van der Waals surface area contributed by atoms with Crippen LogP contribution in [0.15, 0.2) is 146 Å². The van der Waals surface area contributed by atoms with Gasteiger partial charge in [-0.15, -0.1) is 0 Å². The maximum Gasteiger partial charge on any atom is 0.255 e. The molecule has 0 aliphatic carbocycles. The van der Waals surface area contributed by atoms with Crippen molar-refractivity contribution in [3.63, 3.8) is 0 Å². The molecule has 0 amide bonds. The Balaban J connectivity index is 1.28. The monoisotopic (exact) mass is 606 g/mol. The van der Waals surface area contributed by atoms with E-state index in [2.05, 4.69) is 126 Å².